The molecule has 2 N–H and O–H groups in total. The maximum atomic E-state index is 4.99. The van der Waals surface area contributed by atoms with Crippen molar-refractivity contribution in [1.29, 1.82) is 0 Å². The molecule has 0 aliphatic heterocycles. The van der Waals surface area contributed by atoms with Gasteiger partial charge in [0.25, 0.3) is 0 Å². The molecule has 0 unspecified atom stereocenters. The van der Waals surface area contributed by atoms with E-state index in [1.807, 2.05) is 0 Å². The molecule has 0 rings (SSSR count). The van der Waals surface area contributed by atoms with Gasteiger partial charge in [0.05, 0.1) is 0 Å². The SMILES string of the molecule is CN.[Cl][Sb]([Cl])[Cl]. The summed E-state index contributed by atoms with van der Waals surface area (Å²) in [6, 6.07) is 0. The molecule has 6 heavy (non-hydrogen) atoms. The molecule has 0 saturated heterocycles. The van der Waals surface area contributed by atoms with Crippen LogP contribution in [0.15, 0.2) is 0 Å². The third-order valence-corrected chi connectivity index (χ3v) is 0. The standard InChI is InChI=1S/CH5N.3ClH.Sb/c1-2;;;;/h2H2,1H3;3*1H;/q;;;;+3/p-3. The molecule has 0 aliphatic carbocycles. The Labute approximate surface area is 55.7 Å². The van der Waals surface area contributed by atoms with Gasteiger partial charge in [-0.25, -0.2) is 0 Å². The van der Waals surface area contributed by atoms with Crippen LogP contribution in [0.25, 0.3) is 0 Å². The zero-order valence-electron chi connectivity index (χ0n) is 3.16. The summed E-state index contributed by atoms with van der Waals surface area (Å²) < 4.78 is 0. The summed E-state index contributed by atoms with van der Waals surface area (Å²) in [5, 5.41) is 0. The first-order valence-corrected chi connectivity index (χ1v) is 10.8. The second-order valence-corrected chi connectivity index (χ2v) is 11.6. The van der Waals surface area contributed by atoms with E-state index in [1.165, 1.54) is 7.05 Å². The number of hydrogen-bond acceptors (Lipinski definition) is 1. The van der Waals surface area contributed by atoms with Gasteiger partial charge in [-0.15, -0.1) is 0 Å². The van der Waals surface area contributed by atoms with Crippen molar-refractivity contribution in [3.8, 4) is 0 Å². The van der Waals surface area contributed by atoms with Gasteiger partial charge in [0.2, 0.25) is 0 Å². The predicted molar refractivity (Wildman–Crippen MR) is 33.4 cm³/mol. The molecule has 0 spiro atoms. The Morgan fingerprint density at radius 3 is 1.17 bits per heavy atom. The molecular formula is CH5Cl3NSb. The average molecular weight is 259 g/mol. The molecule has 0 amide bonds. The van der Waals surface area contributed by atoms with Crippen molar-refractivity contribution >= 4 is 43.3 Å². The van der Waals surface area contributed by atoms with E-state index in [0.29, 0.717) is 0 Å². The Morgan fingerprint density at radius 1 is 1.17 bits per heavy atom. The first-order valence-electron chi connectivity index (χ1n) is 1.08. The first-order chi connectivity index (χ1) is 2.73. The molecule has 1 nitrogen and oxygen atoms in total. The molecule has 0 bridgehead atoms. The van der Waals surface area contributed by atoms with Crippen molar-refractivity contribution in [3.05, 3.63) is 0 Å². The van der Waals surface area contributed by atoms with Crippen molar-refractivity contribution in [1.82, 2.24) is 0 Å². The predicted octanol–water partition coefficient (Wildman–Crippen LogP) is 1.26. The van der Waals surface area contributed by atoms with E-state index >= 15 is 0 Å². The van der Waals surface area contributed by atoms with E-state index in [9.17, 15) is 0 Å². The van der Waals surface area contributed by atoms with E-state index in [0.717, 1.165) is 0 Å². The fraction of sp³-hybridized carbons (Fsp3) is 1.00. The van der Waals surface area contributed by atoms with Crippen molar-refractivity contribution in [2.75, 3.05) is 7.05 Å². The Bertz CT molecular complexity index is 15.5. The summed E-state index contributed by atoms with van der Waals surface area (Å²) in [6.07, 6.45) is 0. The van der Waals surface area contributed by atoms with Crippen LogP contribution in [0.2, 0.25) is 0 Å². The number of rotatable bonds is 0. The fourth-order valence-corrected chi connectivity index (χ4v) is 0. The summed E-state index contributed by atoms with van der Waals surface area (Å²) in [5.41, 5.74) is 4.50. The van der Waals surface area contributed by atoms with Crippen LogP contribution in [0.1, 0.15) is 0 Å². The van der Waals surface area contributed by atoms with Crippen LogP contribution in [-0.4, -0.2) is 23.8 Å². The van der Waals surface area contributed by atoms with Gasteiger partial charge >= 0.3 is 43.3 Å². The Hall–Kier alpha value is 1.65. The van der Waals surface area contributed by atoms with Crippen LogP contribution < -0.4 is 5.73 Å². The van der Waals surface area contributed by atoms with Gasteiger partial charge in [0, 0.05) is 0 Å². The van der Waals surface area contributed by atoms with E-state index in [-0.39, 0.29) is 0 Å². The number of halogens is 3. The van der Waals surface area contributed by atoms with Gasteiger partial charge < -0.3 is 5.73 Å². The van der Waals surface area contributed by atoms with Crippen molar-refractivity contribution in [2.45, 2.75) is 0 Å². The van der Waals surface area contributed by atoms with E-state index in [2.05, 4.69) is 5.73 Å². The minimum atomic E-state index is -2.03. The van der Waals surface area contributed by atoms with Crippen molar-refractivity contribution in [2.24, 2.45) is 5.73 Å². The third-order valence-electron chi connectivity index (χ3n) is 0. The molecule has 0 aliphatic rings. The van der Waals surface area contributed by atoms with E-state index in [4.69, 9.17) is 26.5 Å². The molecule has 0 fully saturated rings. The molecule has 40 valence electrons. The Morgan fingerprint density at radius 2 is 1.17 bits per heavy atom. The number of nitrogens with two attached hydrogens (primary N) is 1. The van der Waals surface area contributed by atoms with Gasteiger partial charge in [-0.1, -0.05) is 0 Å². The van der Waals surface area contributed by atoms with Crippen LogP contribution in [0.4, 0.5) is 0 Å². The second-order valence-electron chi connectivity index (χ2n) is 0.192. The molecule has 0 aromatic rings. The molecule has 0 radical (unpaired) electrons. The average Bonchev–Trinajstić information content (AvgIpc) is 1.41. The van der Waals surface area contributed by atoms with Crippen LogP contribution in [0.5, 0.6) is 0 Å². The third kappa shape index (κ3) is 44.9. The van der Waals surface area contributed by atoms with Gasteiger partial charge in [-0.3, -0.25) is 0 Å². The van der Waals surface area contributed by atoms with Crippen molar-refractivity contribution < 1.29 is 0 Å². The molecular weight excluding hydrogens is 254 g/mol. The van der Waals surface area contributed by atoms with Crippen molar-refractivity contribution in [3.63, 3.8) is 0 Å². The van der Waals surface area contributed by atoms with Crippen LogP contribution in [0.3, 0.4) is 0 Å². The van der Waals surface area contributed by atoms with Crippen LogP contribution in [0, 0.1) is 0 Å². The number of hydrogen-bond donors (Lipinski definition) is 1. The quantitative estimate of drug-likeness (QED) is 0.651. The van der Waals surface area contributed by atoms with Crippen LogP contribution >= 0.6 is 26.5 Å². The molecule has 0 aromatic carbocycles. The second kappa shape index (κ2) is 9.82. The van der Waals surface area contributed by atoms with Crippen LogP contribution in [-0.2, 0) is 0 Å². The zero-order chi connectivity index (χ0) is 5.58. The molecule has 0 heterocycles. The zero-order valence-corrected chi connectivity index (χ0v) is 7.98. The molecule has 0 atom stereocenters. The fourth-order valence-electron chi connectivity index (χ4n) is 0. The summed E-state index contributed by atoms with van der Waals surface area (Å²) in [6.45, 7) is 0. The van der Waals surface area contributed by atoms with Gasteiger partial charge in [-0.2, -0.15) is 0 Å². The van der Waals surface area contributed by atoms with E-state index in [1.54, 1.807) is 0 Å². The summed E-state index contributed by atoms with van der Waals surface area (Å²) in [5.74, 6) is 0. The van der Waals surface area contributed by atoms with E-state index < -0.39 is 16.8 Å². The topological polar surface area (TPSA) is 26.0 Å². The maximum absolute atomic E-state index is 4.99. The monoisotopic (exact) mass is 257 g/mol. The summed E-state index contributed by atoms with van der Waals surface area (Å²) in [4.78, 5) is 0. The minimum absolute atomic E-state index is 1.50. The van der Waals surface area contributed by atoms with Gasteiger partial charge in [0.1, 0.15) is 0 Å². The Kier molecular flexibility index (Phi) is 17.3. The Balaban J connectivity index is 0. The molecule has 0 aromatic heterocycles. The normalized spacial score (nSPS) is 7.00. The molecule has 0 saturated carbocycles. The van der Waals surface area contributed by atoms with Gasteiger partial charge in [-0.05, 0) is 7.05 Å². The first kappa shape index (κ1) is 10.6. The molecule has 5 heteroatoms. The summed E-state index contributed by atoms with van der Waals surface area (Å²) in [7, 11) is 16.5. The summed E-state index contributed by atoms with van der Waals surface area (Å²) >= 11 is -2.03. The van der Waals surface area contributed by atoms with Gasteiger partial charge in [0.15, 0.2) is 0 Å².